The van der Waals surface area contributed by atoms with E-state index in [4.69, 9.17) is 20.4 Å². The minimum absolute atomic E-state index is 0.0361. The Morgan fingerprint density at radius 3 is 1.73 bits per heavy atom. The Balaban J connectivity index is 0.000000201. The molecule has 1 N–H and O–H groups in total. The minimum Gasteiger partial charge on any atom is -0.508 e. The van der Waals surface area contributed by atoms with Gasteiger partial charge in [0.25, 0.3) is 11.1 Å². The van der Waals surface area contributed by atoms with Crippen LogP contribution in [-0.4, -0.2) is 14.2 Å². The number of rotatable bonds is 5. The lowest BCUT2D eigenvalue weighted by molar-refractivity contribution is 0.305. The van der Waals surface area contributed by atoms with E-state index in [2.05, 4.69) is 0 Å². The smallest absolute Gasteiger partial charge is 0.258 e. The summed E-state index contributed by atoms with van der Waals surface area (Å²) in [6.07, 6.45) is 2.72. The number of benzene rings is 3. The molecule has 8 nitrogen and oxygen atoms in total. The van der Waals surface area contributed by atoms with Gasteiger partial charge in [0.2, 0.25) is 0 Å². The summed E-state index contributed by atoms with van der Waals surface area (Å²) in [4.78, 5) is 23.7. The first-order valence-electron chi connectivity index (χ1n) is 12.0. The summed E-state index contributed by atoms with van der Waals surface area (Å²) in [5.41, 5.74) is 0.533. The van der Waals surface area contributed by atoms with Gasteiger partial charge in [-0.25, -0.2) is 8.78 Å². The van der Waals surface area contributed by atoms with E-state index in [9.17, 15) is 18.4 Å². The molecule has 202 valence electrons. The first kappa shape index (κ1) is 28.0. The van der Waals surface area contributed by atoms with Crippen molar-refractivity contribution in [2.24, 2.45) is 0 Å². The highest BCUT2D eigenvalue weighted by atomic mass is 19.1. The van der Waals surface area contributed by atoms with Crippen LogP contribution in [0.4, 0.5) is 8.78 Å². The lowest BCUT2D eigenvalue weighted by Crippen LogP contribution is -2.18. The zero-order chi connectivity index (χ0) is 29.4. The SMILES string of the molecule is N#Cc1ccc(-n2ccc(O)cc2=O)c(F)c1.N#Cc1ccc(-n2ccc(OCc3ccccc3)cc2=O)c(F)c1. The maximum atomic E-state index is 14.0. The highest BCUT2D eigenvalue weighted by Gasteiger charge is 2.09. The second-order valence-electron chi connectivity index (χ2n) is 8.49. The minimum atomic E-state index is -0.670. The van der Waals surface area contributed by atoms with Crippen molar-refractivity contribution in [3.63, 3.8) is 0 Å². The van der Waals surface area contributed by atoms with Gasteiger partial charge < -0.3 is 9.84 Å². The van der Waals surface area contributed by atoms with Gasteiger partial charge in [-0.3, -0.25) is 18.7 Å². The fourth-order valence-corrected chi connectivity index (χ4v) is 3.70. The van der Waals surface area contributed by atoms with Gasteiger partial charge in [0.15, 0.2) is 0 Å². The van der Waals surface area contributed by atoms with Crippen molar-refractivity contribution in [3.8, 4) is 35.0 Å². The van der Waals surface area contributed by atoms with Gasteiger partial charge in [-0.05, 0) is 54.1 Å². The molecule has 2 aromatic heterocycles. The fourth-order valence-electron chi connectivity index (χ4n) is 3.70. The molecule has 0 aliphatic carbocycles. The van der Waals surface area contributed by atoms with Crippen LogP contribution in [0.25, 0.3) is 11.4 Å². The monoisotopic (exact) mass is 550 g/mol. The highest BCUT2D eigenvalue weighted by Crippen LogP contribution is 2.17. The molecule has 0 atom stereocenters. The van der Waals surface area contributed by atoms with E-state index in [0.29, 0.717) is 12.4 Å². The third kappa shape index (κ3) is 6.91. The van der Waals surface area contributed by atoms with Crippen LogP contribution < -0.4 is 15.9 Å². The summed E-state index contributed by atoms with van der Waals surface area (Å²) in [5.74, 6) is -1.07. The number of pyridine rings is 2. The van der Waals surface area contributed by atoms with Crippen molar-refractivity contribution in [2.75, 3.05) is 0 Å². The van der Waals surface area contributed by atoms with Crippen molar-refractivity contribution in [3.05, 3.63) is 152 Å². The van der Waals surface area contributed by atoms with Crippen molar-refractivity contribution < 1.29 is 18.6 Å². The van der Waals surface area contributed by atoms with Crippen LogP contribution in [0.15, 0.2) is 113 Å². The molecule has 0 unspecified atom stereocenters. The lowest BCUT2D eigenvalue weighted by Gasteiger charge is -2.10. The van der Waals surface area contributed by atoms with Crippen LogP contribution in [0.2, 0.25) is 0 Å². The number of nitriles is 2. The van der Waals surface area contributed by atoms with Crippen LogP contribution in [0, 0.1) is 34.3 Å². The van der Waals surface area contributed by atoms with E-state index < -0.39 is 22.8 Å². The number of hydrogen-bond acceptors (Lipinski definition) is 6. The second-order valence-corrected chi connectivity index (χ2v) is 8.49. The van der Waals surface area contributed by atoms with Gasteiger partial charge >= 0.3 is 0 Å². The first-order chi connectivity index (χ1) is 19.8. The van der Waals surface area contributed by atoms with Crippen LogP contribution in [0.1, 0.15) is 16.7 Å². The topological polar surface area (TPSA) is 121 Å². The predicted molar refractivity (Wildman–Crippen MR) is 146 cm³/mol. The van der Waals surface area contributed by atoms with Crippen molar-refractivity contribution >= 4 is 0 Å². The molecule has 0 aliphatic heterocycles. The standard InChI is InChI=1S/C19H13FN2O2.C12H7FN2O2/c20-17-10-15(12-21)6-7-18(17)22-9-8-16(11-19(22)23)24-13-14-4-2-1-3-5-14;13-10-5-8(7-14)1-2-11(10)15-4-3-9(16)6-12(15)17/h1-11H,13H2;1-6,16H. The largest absolute Gasteiger partial charge is 0.508 e. The molecule has 0 saturated carbocycles. The Hall–Kier alpha value is -6.00. The Morgan fingerprint density at radius 1 is 0.707 bits per heavy atom. The van der Waals surface area contributed by atoms with Crippen molar-refractivity contribution in [1.82, 2.24) is 9.13 Å². The highest BCUT2D eigenvalue weighted by molar-refractivity contribution is 5.42. The summed E-state index contributed by atoms with van der Waals surface area (Å²) in [6, 6.07) is 26.2. The maximum absolute atomic E-state index is 14.0. The van der Waals surface area contributed by atoms with Crippen LogP contribution in [0.5, 0.6) is 11.5 Å². The molecule has 5 rings (SSSR count). The molecule has 41 heavy (non-hydrogen) atoms. The number of halogens is 2. The molecule has 0 radical (unpaired) electrons. The van der Waals surface area contributed by atoms with Gasteiger partial charge in [0, 0.05) is 24.5 Å². The van der Waals surface area contributed by atoms with Crippen LogP contribution in [-0.2, 0) is 6.61 Å². The number of aromatic nitrogens is 2. The van der Waals surface area contributed by atoms with E-state index in [1.165, 1.54) is 53.4 Å². The van der Waals surface area contributed by atoms with Gasteiger partial charge in [-0.15, -0.1) is 0 Å². The average molecular weight is 551 g/mol. The Morgan fingerprint density at radius 2 is 1.24 bits per heavy atom. The molecule has 0 fully saturated rings. The summed E-state index contributed by atoms with van der Waals surface area (Å²) < 4.78 is 35.5. The molecule has 5 aromatic rings. The molecule has 0 aliphatic rings. The Kier molecular flexibility index (Phi) is 8.68. The number of nitrogens with zero attached hydrogens (tertiary/aromatic N) is 4. The predicted octanol–water partition coefficient (Wildman–Crippen LogP) is 4.98. The van der Waals surface area contributed by atoms with E-state index >= 15 is 0 Å². The van der Waals surface area contributed by atoms with Crippen LogP contribution >= 0.6 is 0 Å². The number of hydrogen-bond donors (Lipinski definition) is 1. The Labute approximate surface area is 232 Å². The second kappa shape index (κ2) is 12.7. The summed E-state index contributed by atoms with van der Waals surface area (Å²) >= 11 is 0. The lowest BCUT2D eigenvalue weighted by atomic mass is 10.2. The third-order valence-corrected chi connectivity index (χ3v) is 5.72. The van der Waals surface area contributed by atoms with Crippen molar-refractivity contribution in [1.29, 1.82) is 10.5 Å². The molecule has 3 aromatic carbocycles. The average Bonchev–Trinajstić information content (AvgIpc) is 2.97. The van der Waals surface area contributed by atoms with Gasteiger partial charge in [-0.1, -0.05) is 30.3 Å². The molecule has 0 saturated heterocycles. The van der Waals surface area contributed by atoms with Gasteiger partial charge in [-0.2, -0.15) is 10.5 Å². The molecular formula is C31H20F2N4O4. The van der Waals surface area contributed by atoms with E-state index in [0.717, 1.165) is 28.3 Å². The van der Waals surface area contributed by atoms with Gasteiger partial charge in [0.05, 0.1) is 34.6 Å². The molecule has 0 spiro atoms. The molecule has 2 heterocycles. The summed E-state index contributed by atoms with van der Waals surface area (Å²) in [5, 5.41) is 26.4. The zero-order valence-corrected chi connectivity index (χ0v) is 21.2. The summed E-state index contributed by atoms with van der Waals surface area (Å²) in [7, 11) is 0. The van der Waals surface area contributed by atoms with Crippen LogP contribution in [0.3, 0.4) is 0 Å². The molecule has 0 amide bonds. The zero-order valence-electron chi connectivity index (χ0n) is 21.2. The van der Waals surface area contributed by atoms with Gasteiger partial charge in [0.1, 0.15) is 29.7 Å². The first-order valence-corrected chi connectivity index (χ1v) is 12.0. The number of ether oxygens (including phenoxy) is 1. The fraction of sp³-hybridized carbons (Fsp3) is 0.0323. The third-order valence-electron chi connectivity index (χ3n) is 5.72. The normalized spacial score (nSPS) is 10.0. The molecule has 0 bridgehead atoms. The number of aromatic hydroxyl groups is 1. The Bertz CT molecular complexity index is 1910. The molecular weight excluding hydrogens is 530 g/mol. The quantitative estimate of drug-likeness (QED) is 0.330. The molecule has 10 heteroatoms. The van der Waals surface area contributed by atoms with E-state index in [-0.39, 0.29) is 28.3 Å². The van der Waals surface area contributed by atoms with Crippen molar-refractivity contribution in [2.45, 2.75) is 6.61 Å². The summed E-state index contributed by atoms with van der Waals surface area (Å²) in [6.45, 7) is 0.343. The van der Waals surface area contributed by atoms with E-state index in [1.807, 2.05) is 36.4 Å². The maximum Gasteiger partial charge on any atom is 0.258 e. The van der Waals surface area contributed by atoms with E-state index in [1.54, 1.807) is 12.1 Å².